The molecule has 0 radical (unpaired) electrons. The van der Waals surface area contributed by atoms with Gasteiger partial charge in [0.2, 0.25) is 0 Å². The van der Waals surface area contributed by atoms with Crippen molar-refractivity contribution < 1.29 is 19.1 Å². The number of esters is 1. The second-order valence-corrected chi connectivity index (χ2v) is 8.63. The topological polar surface area (TPSA) is 76.7 Å². The molecule has 6 nitrogen and oxygen atoms in total. The molecule has 1 heterocycles. The summed E-state index contributed by atoms with van der Waals surface area (Å²) >= 11 is 0. The molecule has 1 aliphatic heterocycles. The molecule has 6 heteroatoms. The highest BCUT2D eigenvalue weighted by atomic mass is 16.5. The third kappa shape index (κ3) is 5.29. The van der Waals surface area contributed by atoms with Crippen molar-refractivity contribution in [1.29, 1.82) is 0 Å². The standard InChI is InChI=1S/C28H28N2O4/c1-17(2)33-27(31)24-25(20-8-6-5-7-9-20)29-28(32)30-26(24)21-10-12-22(13-11-21)34-23-15-18(3)14-19(4)16-23/h5-17,26H,1-4H3,(H2,29,30,32). The van der Waals surface area contributed by atoms with E-state index >= 15 is 0 Å². The Hall–Kier alpha value is -4.06. The minimum atomic E-state index is -0.675. The third-order valence-corrected chi connectivity index (χ3v) is 5.34. The summed E-state index contributed by atoms with van der Waals surface area (Å²) in [6.45, 7) is 7.64. The number of ether oxygens (including phenoxy) is 2. The van der Waals surface area contributed by atoms with Crippen molar-refractivity contribution in [2.24, 2.45) is 0 Å². The molecule has 0 saturated carbocycles. The molecular weight excluding hydrogens is 428 g/mol. The Kier molecular flexibility index (Phi) is 6.68. The van der Waals surface area contributed by atoms with Gasteiger partial charge in [0, 0.05) is 0 Å². The zero-order chi connectivity index (χ0) is 24.2. The summed E-state index contributed by atoms with van der Waals surface area (Å²) in [5.74, 6) is 0.933. The maximum Gasteiger partial charge on any atom is 0.338 e. The molecule has 3 aromatic carbocycles. The van der Waals surface area contributed by atoms with Gasteiger partial charge in [-0.3, -0.25) is 0 Å². The molecule has 3 aromatic rings. The Balaban J connectivity index is 1.70. The number of amides is 2. The average Bonchev–Trinajstić information content (AvgIpc) is 2.78. The van der Waals surface area contributed by atoms with E-state index in [9.17, 15) is 9.59 Å². The van der Waals surface area contributed by atoms with Crippen molar-refractivity contribution in [3.63, 3.8) is 0 Å². The highest BCUT2D eigenvalue weighted by molar-refractivity contribution is 6.04. The summed E-state index contributed by atoms with van der Waals surface area (Å²) in [5.41, 5.74) is 4.50. The van der Waals surface area contributed by atoms with Crippen LogP contribution >= 0.6 is 0 Å². The molecule has 2 amide bonds. The van der Waals surface area contributed by atoms with E-state index < -0.39 is 12.0 Å². The van der Waals surface area contributed by atoms with Crippen LogP contribution in [0.1, 0.15) is 42.1 Å². The molecule has 0 bridgehead atoms. The van der Waals surface area contributed by atoms with E-state index in [1.165, 1.54) is 0 Å². The molecule has 1 unspecified atom stereocenters. The van der Waals surface area contributed by atoms with Crippen LogP contribution in [0.3, 0.4) is 0 Å². The Morgan fingerprint density at radius 2 is 1.53 bits per heavy atom. The van der Waals surface area contributed by atoms with Gasteiger partial charge in [0.05, 0.1) is 23.4 Å². The number of rotatable bonds is 6. The molecular formula is C28H28N2O4. The van der Waals surface area contributed by atoms with Crippen molar-refractivity contribution in [2.75, 3.05) is 0 Å². The predicted octanol–water partition coefficient (Wildman–Crippen LogP) is 5.81. The van der Waals surface area contributed by atoms with E-state index in [4.69, 9.17) is 9.47 Å². The largest absolute Gasteiger partial charge is 0.459 e. The first kappa shape index (κ1) is 23.1. The molecule has 174 valence electrons. The summed E-state index contributed by atoms with van der Waals surface area (Å²) < 4.78 is 11.6. The lowest BCUT2D eigenvalue weighted by Gasteiger charge is -2.30. The summed E-state index contributed by atoms with van der Waals surface area (Å²) in [6, 6.07) is 21.6. The zero-order valence-electron chi connectivity index (χ0n) is 19.7. The highest BCUT2D eigenvalue weighted by Crippen LogP contribution is 2.33. The average molecular weight is 457 g/mol. The molecule has 0 aromatic heterocycles. The summed E-state index contributed by atoms with van der Waals surface area (Å²) in [6.07, 6.45) is -0.302. The fourth-order valence-electron chi connectivity index (χ4n) is 4.00. The molecule has 0 spiro atoms. The Labute approximate surface area is 199 Å². The van der Waals surface area contributed by atoms with Gasteiger partial charge in [0.15, 0.2) is 0 Å². The van der Waals surface area contributed by atoms with Gasteiger partial charge in [0.1, 0.15) is 11.5 Å². The van der Waals surface area contributed by atoms with E-state index in [0.29, 0.717) is 17.0 Å². The second-order valence-electron chi connectivity index (χ2n) is 8.63. The highest BCUT2D eigenvalue weighted by Gasteiger charge is 2.34. The van der Waals surface area contributed by atoms with Crippen molar-refractivity contribution in [1.82, 2.24) is 10.6 Å². The lowest BCUT2D eigenvalue weighted by atomic mass is 9.92. The maximum atomic E-state index is 13.2. The van der Waals surface area contributed by atoms with Crippen LogP contribution in [0.25, 0.3) is 5.70 Å². The first-order valence-corrected chi connectivity index (χ1v) is 11.2. The fraction of sp³-hybridized carbons (Fsp3) is 0.214. The summed E-state index contributed by atoms with van der Waals surface area (Å²) in [7, 11) is 0. The molecule has 0 saturated heterocycles. The van der Waals surface area contributed by atoms with Crippen LogP contribution in [-0.2, 0) is 9.53 Å². The van der Waals surface area contributed by atoms with Gasteiger partial charge < -0.3 is 20.1 Å². The van der Waals surface area contributed by atoms with E-state index in [1.807, 2.05) is 80.6 Å². The Morgan fingerprint density at radius 1 is 0.882 bits per heavy atom. The van der Waals surface area contributed by atoms with Crippen LogP contribution < -0.4 is 15.4 Å². The van der Waals surface area contributed by atoms with Crippen LogP contribution in [0.4, 0.5) is 4.79 Å². The van der Waals surface area contributed by atoms with E-state index in [0.717, 1.165) is 28.0 Å². The molecule has 2 N–H and O–H groups in total. The molecule has 4 rings (SSSR count). The van der Waals surface area contributed by atoms with Gasteiger partial charge in [0.25, 0.3) is 0 Å². The van der Waals surface area contributed by atoms with Crippen LogP contribution in [0.2, 0.25) is 0 Å². The second kappa shape index (κ2) is 9.83. The number of carbonyl (C=O) groups excluding carboxylic acids is 2. The summed E-state index contributed by atoms with van der Waals surface area (Å²) in [5, 5.41) is 5.67. The number of carbonyl (C=O) groups is 2. The predicted molar refractivity (Wildman–Crippen MR) is 131 cm³/mol. The number of hydrogen-bond acceptors (Lipinski definition) is 4. The minimum Gasteiger partial charge on any atom is -0.459 e. The van der Waals surface area contributed by atoms with Crippen LogP contribution in [0.15, 0.2) is 78.4 Å². The molecule has 1 atom stereocenters. The van der Waals surface area contributed by atoms with Gasteiger partial charge in [-0.25, -0.2) is 9.59 Å². The van der Waals surface area contributed by atoms with Crippen LogP contribution in [-0.4, -0.2) is 18.1 Å². The fourth-order valence-corrected chi connectivity index (χ4v) is 4.00. The van der Waals surface area contributed by atoms with Gasteiger partial charge in [-0.1, -0.05) is 48.5 Å². The quantitative estimate of drug-likeness (QED) is 0.459. The Morgan fingerprint density at radius 3 is 2.15 bits per heavy atom. The normalized spacial score (nSPS) is 15.6. The number of aryl methyl sites for hydroxylation is 2. The molecule has 1 aliphatic rings. The summed E-state index contributed by atoms with van der Waals surface area (Å²) in [4.78, 5) is 25.7. The lowest BCUT2D eigenvalue weighted by Crippen LogP contribution is -2.45. The first-order chi connectivity index (χ1) is 16.3. The van der Waals surface area contributed by atoms with E-state index in [-0.39, 0.29) is 12.1 Å². The maximum absolute atomic E-state index is 13.2. The number of nitrogens with one attached hydrogen (secondary N) is 2. The molecule has 34 heavy (non-hydrogen) atoms. The number of hydrogen-bond donors (Lipinski definition) is 2. The number of benzene rings is 3. The smallest absolute Gasteiger partial charge is 0.338 e. The van der Waals surface area contributed by atoms with E-state index in [1.54, 1.807) is 13.8 Å². The van der Waals surface area contributed by atoms with Crippen molar-refractivity contribution in [3.8, 4) is 11.5 Å². The monoisotopic (exact) mass is 456 g/mol. The molecule has 0 fully saturated rings. The Bertz CT molecular complexity index is 1210. The first-order valence-electron chi connectivity index (χ1n) is 11.2. The van der Waals surface area contributed by atoms with Crippen LogP contribution in [0.5, 0.6) is 11.5 Å². The van der Waals surface area contributed by atoms with Gasteiger partial charge >= 0.3 is 12.0 Å². The molecule has 0 aliphatic carbocycles. The van der Waals surface area contributed by atoms with E-state index in [2.05, 4.69) is 16.7 Å². The lowest BCUT2D eigenvalue weighted by molar-refractivity contribution is -0.143. The van der Waals surface area contributed by atoms with Crippen LogP contribution in [0, 0.1) is 13.8 Å². The number of urea groups is 1. The third-order valence-electron chi connectivity index (χ3n) is 5.34. The van der Waals surface area contributed by atoms with Crippen molar-refractivity contribution >= 4 is 17.7 Å². The minimum absolute atomic E-state index is 0.302. The van der Waals surface area contributed by atoms with Gasteiger partial charge in [-0.15, -0.1) is 0 Å². The zero-order valence-corrected chi connectivity index (χ0v) is 19.7. The van der Waals surface area contributed by atoms with Crippen molar-refractivity contribution in [3.05, 3.63) is 101 Å². The van der Waals surface area contributed by atoms with Gasteiger partial charge in [-0.2, -0.15) is 0 Å². The van der Waals surface area contributed by atoms with Crippen molar-refractivity contribution in [2.45, 2.75) is 39.8 Å². The van der Waals surface area contributed by atoms with Gasteiger partial charge in [-0.05, 0) is 74.2 Å². The SMILES string of the molecule is Cc1cc(C)cc(Oc2ccc(C3NC(=O)NC(c4ccccc4)=C3C(=O)OC(C)C)cc2)c1.